The van der Waals surface area contributed by atoms with E-state index in [2.05, 4.69) is 24.1 Å². The standard InChI is InChI=1S/C14H22N2O2/c1-10(2)16-13-6-7-17-9-14(13)18-12-5-4-11(3)15-8-12/h4-5,8,10,13-14,16H,6-7,9H2,1-3H3/t13-,14+/m1/s1. The number of aromatic nitrogens is 1. The Bertz CT molecular complexity index is 365. The van der Waals surface area contributed by atoms with E-state index in [9.17, 15) is 0 Å². The molecule has 1 fully saturated rings. The van der Waals surface area contributed by atoms with Crippen molar-refractivity contribution in [1.82, 2.24) is 10.3 Å². The van der Waals surface area contributed by atoms with Crippen molar-refractivity contribution in [2.45, 2.75) is 45.4 Å². The van der Waals surface area contributed by atoms with Crippen LogP contribution in [0.4, 0.5) is 0 Å². The van der Waals surface area contributed by atoms with E-state index < -0.39 is 0 Å². The Kier molecular flexibility index (Phi) is 4.55. The normalized spacial score (nSPS) is 24.2. The summed E-state index contributed by atoms with van der Waals surface area (Å²) in [6, 6.07) is 4.73. The quantitative estimate of drug-likeness (QED) is 0.886. The molecule has 0 aliphatic carbocycles. The first-order valence-corrected chi connectivity index (χ1v) is 6.58. The summed E-state index contributed by atoms with van der Waals surface area (Å²) >= 11 is 0. The van der Waals surface area contributed by atoms with Gasteiger partial charge in [0.05, 0.1) is 12.8 Å². The van der Waals surface area contributed by atoms with Crippen LogP contribution >= 0.6 is 0 Å². The second kappa shape index (κ2) is 6.16. The number of nitrogens with zero attached hydrogens (tertiary/aromatic N) is 1. The van der Waals surface area contributed by atoms with E-state index in [1.165, 1.54) is 0 Å². The lowest BCUT2D eigenvalue weighted by molar-refractivity contribution is -0.0167. The van der Waals surface area contributed by atoms with Crippen LogP contribution in [0, 0.1) is 6.92 Å². The molecule has 1 aliphatic rings. The van der Waals surface area contributed by atoms with Crippen LogP contribution in [0.1, 0.15) is 26.0 Å². The monoisotopic (exact) mass is 250 g/mol. The van der Waals surface area contributed by atoms with Gasteiger partial charge < -0.3 is 14.8 Å². The van der Waals surface area contributed by atoms with Crippen molar-refractivity contribution in [1.29, 1.82) is 0 Å². The molecule has 100 valence electrons. The highest BCUT2D eigenvalue weighted by Gasteiger charge is 2.27. The number of rotatable bonds is 4. The molecule has 0 aromatic carbocycles. The highest BCUT2D eigenvalue weighted by atomic mass is 16.5. The summed E-state index contributed by atoms with van der Waals surface area (Å²) in [6.07, 6.45) is 2.82. The average Bonchev–Trinajstić information content (AvgIpc) is 2.34. The molecule has 0 unspecified atom stereocenters. The van der Waals surface area contributed by atoms with Gasteiger partial charge >= 0.3 is 0 Å². The molecular formula is C14H22N2O2. The third-order valence-corrected chi connectivity index (χ3v) is 3.02. The molecule has 4 nitrogen and oxygen atoms in total. The molecule has 18 heavy (non-hydrogen) atoms. The summed E-state index contributed by atoms with van der Waals surface area (Å²) in [6.45, 7) is 7.71. The van der Waals surface area contributed by atoms with Gasteiger partial charge in [0.25, 0.3) is 0 Å². The van der Waals surface area contributed by atoms with Crippen LogP contribution < -0.4 is 10.1 Å². The lowest BCUT2D eigenvalue weighted by atomic mass is 10.1. The minimum absolute atomic E-state index is 0.0608. The minimum atomic E-state index is 0.0608. The molecule has 0 amide bonds. The van der Waals surface area contributed by atoms with Crippen molar-refractivity contribution < 1.29 is 9.47 Å². The van der Waals surface area contributed by atoms with Crippen molar-refractivity contribution in [3.8, 4) is 5.75 Å². The van der Waals surface area contributed by atoms with E-state index in [1.807, 2.05) is 19.1 Å². The molecule has 1 aliphatic heterocycles. The SMILES string of the molecule is Cc1ccc(O[C@H]2COCC[C@H]2NC(C)C)cn1. The molecule has 2 rings (SSSR count). The van der Waals surface area contributed by atoms with Gasteiger partial charge in [-0.1, -0.05) is 13.8 Å². The number of pyridine rings is 1. The predicted octanol–water partition coefficient (Wildman–Crippen LogP) is 1.92. The first kappa shape index (κ1) is 13.3. The average molecular weight is 250 g/mol. The van der Waals surface area contributed by atoms with Gasteiger partial charge in [-0.2, -0.15) is 0 Å². The molecule has 0 saturated carbocycles. The molecule has 1 N–H and O–H groups in total. The van der Waals surface area contributed by atoms with Gasteiger partial charge in [0.2, 0.25) is 0 Å². The Morgan fingerprint density at radius 1 is 1.44 bits per heavy atom. The van der Waals surface area contributed by atoms with Crippen LogP contribution in [0.2, 0.25) is 0 Å². The Morgan fingerprint density at radius 3 is 2.94 bits per heavy atom. The second-order valence-corrected chi connectivity index (χ2v) is 5.08. The first-order valence-electron chi connectivity index (χ1n) is 6.58. The highest BCUT2D eigenvalue weighted by molar-refractivity contribution is 5.19. The van der Waals surface area contributed by atoms with Gasteiger partial charge in [-0.05, 0) is 25.5 Å². The fourth-order valence-electron chi connectivity index (χ4n) is 2.15. The molecule has 0 radical (unpaired) electrons. The van der Waals surface area contributed by atoms with Crippen molar-refractivity contribution in [2.24, 2.45) is 0 Å². The number of hydrogen-bond acceptors (Lipinski definition) is 4. The number of ether oxygens (including phenoxy) is 2. The van der Waals surface area contributed by atoms with Crippen molar-refractivity contribution in [3.63, 3.8) is 0 Å². The van der Waals surface area contributed by atoms with Gasteiger partial charge in [-0.15, -0.1) is 0 Å². The number of hydrogen-bond donors (Lipinski definition) is 1. The first-order chi connectivity index (χ1) is 8.65. The predicted molar refractivity (Wildman–Crippen MR) is 70.9 cm³/mol. The van der Waals surface area contributed by atoms with E-state index in [-0.39, 0.29) is 6.10 Å². The molecule has 1 saturated heterocycles. The summed E-state index contributed by atoms with van der Waals surface area (Å²) in [5.74, 6) is 0.812. The van der Waals surface area contributed by atoms with Gasteiger partial charge in [0.15, 0.2) is 0 Å². The van der Waals surface area contributed by atoms with Gasteiger partial charge in [-0.3, -0.25) is 4.98 Å². The Morgan fingerprint density at radius 2 is 2.28 bits per heavy atom. The molecule has 1 aromatic rings. The Hall–Kier alpha value is -1.13. The summed E-state index contributed by atoms with van der Waals surface area (Å²) in [5, 5.41) is 3.54. The van der Waals surface area contributed by atoms with Crippen molar-refractivity contribution in [3.05, 3.63) is 24.0 Å². The molecule has 1 aromatic heterocycles. The van der Waals surface area contributed by atoms with Gasteiger partial charge in [0.1, 0.15) is 11.9 Å². The van der Waals surface area contributed by atoms with E-state index in [4.69, 9.17) is 9.47 Å². The molecule has 0 spiro atoms. The molecule has 2 heterocycles. The van der Waals surface area contributed by atoms with Crippen molar-refractivity contribution >= 4 is 0 Å². The van der Waals surface area contributed by atoms with Crippen LogP contribution in [0.5, 0.6) is 5.75 Å². The third-order valence-electron chi connectivity index (χ3n) is 3.02. The second-order valence-electron chi connectivity index (χ2n) is 5.08. The van der Waals surface area contributed by atoms with E-state index in [1.54, 1.807) is 6.20 Å². The zero-order valence-corrected chi connectivity index (χ0v) is 11.3. The maximum atomic E-state index is 5.97. The number of aryl methyl sites for hydroxylation is 1. The zero-order valence-electron chi connectivity index (χ0n) is 11.3. The van der Waals surface area contributed by atoms with E-state index >= 15 is 0 Å². The largest absolute Gasteiger partial charge is 0.485 e. The van der Waals surface area contributed by atoms with Crippen LogP contribution in [0.15, 0.2) is 18.3 Å². The van der Waals surface area contributed by atoms with Crippen molar-refractivity contribution in [2.75, 3.05) is 13.2 Å². The molecular weight excluding hydrogens is 228 g/mol. The lowest BCUT2D eigenvalue weighted by Crippen LogP contribution is -2.51. The summed E-state index contributed by atoms with van der Waals surface area (Å²) in [4.78, 5) is 4.24. The Balaban J connectivity index is 1.98. The summed E-state index contributed by atoms with van der Waals surface area (Å²) in [5.41, 5.74) is 0.999. The van der Waals surface area contributed by atoms with Gasteiger partial charge in [0, 0.05) is 24.4 Å². The minimum Gasteiger partial charge on any atom is -0.485 e. The van der Waals surface area contributed by atoms with Crippen LogP contribution in [0.25, 0.3) is 0 Å². The molecule has 4 heteroatoms. The summed E-state index contributed by atoms with van der Waals surface area (Å²) in [7, 11) is 0. The van der Waals surface area contributed by atoms with Crippen LogP contribution in [0.3, 0.4) is 0 Å². The van der Waals surface area contributed by atoms with Crippen LogP contribution in [-0.2, 0) is 4.74 Å². The highest BCUT2D eigenvalue weighted by Crippen LogP contribution is 2.17. The van der Waals surface area contributed by atoms with Gasteiger partial charge in [-0.25, -0.2) is 0 Å². The lowest BCUT2D eigenvalue weighted by Gasteiger charge is -2.33. The fourth-order valence-corrected chi connectivity index (χ4v) is 2.15. The fraction of sp³-hybridized carbons (Fsp3) is 0.643. The Labute approximate surface area is 109 Å². The zero-order chi connectivity index (χ0) is 13.0. The van der Waals surface area contributed by atoms with Crippen LogP contribution in [-0.4, -0.2) is 36.4 Å². The molecule has 0 bridgehead atoms. The smallest absolute Gasteiger partial charge is 0.138 e. The van der Waals surface area contributed by atoms with E-state index in [0.29, 0.717) is 18.7 Å². The van der Waals surface area contributed by atoms with E-state index in [0.717, 1.165) is 24.5 Å². The maximum absolute atomic E-state index is 5.97. The third kappa shape index (κ3) is 3.68. The topological polar surface area (TPSA) is 43.4 Å². The molecule has 2 atom stereocenters. The number of nitrogens with one attached hydrogen (secondary N) is 1. The maximum Gasteiger partial charge on any atom is 0.138 e. The summed E-state index contributed by atoms with van der Waals surface area (Å²) < 4.78 is 11.5.